The van der Waals surface area contributed by atoms with Crippen LogP contribution in [0.2, 0.25) is 0 Å². The molecule has 3 amide bonds. The van der Waals surface area contributed by atoms with Crippen molar-refractivity contribution in [2.75, 3.05) is 7.05 Å². The standard InChI is InChI=1S/C3H6N2O3/c1-4-2(6)5-3(7)8/h1H3,(H,7,8)(H2,4,5,6)/p-1. The van der Waals surface area contributed by atoms with E-state index in [4.69, 9.17) is 0 Å². The number of amides is 3. The average molecular weight is 117 g/mol. The zero-order chi connectivity index (χ0) is 6.57. The molecule has 5 heteroatoms. The Morgan fingerprint density at radius 3 is 2.12 bits per heavy atom. The van der Waals surface area contributed by atoms with Crippen LogP contribution in [0.4, 0.5) is 9.59 Å². The molecule has 0 saturated heterocycles. The lowest BCUT2D eigenvalue weighted by Gasteiger charge is -2.01. The molecule has 0 fully saturated rings. The first-order valence-corrected chi connectivity index (χ1v) is 1.86. The van der Waals surface area contributed by atoms with Crippen LogP contribution in [0.25, 0.3) is 0 Å². The first kappa shape index (κ1) is 6.74. The summed E-state index contributed by atoms with van der Waals surface area (Å²) in [5, 5.41) is 13.0. The smallest absolute Gasteiger partial charge is 0.319 e. The third-order valence-corrected chi connectivity index (χ3v) is 0.443. The van der Waals surface area contributed by atoms with Crippen LogP contribution in [-0.4, -0.2) is 19.2 Å². The maximum atomic E-state index is 9.98. The van der Waals surface area contributed by atoms with Crippen LogP contribution in [0.5, 0.6) is 0 Å². The van der Waals surface area contributed by atoms with Crippen molar-refractivity contribution in [2.24, 2.45) is 0 Å². The number of imide groups is 1. The van der Waals surface area contributed by atoms with Crippen molar-refractivity contribution in [3.63, 3.8) is 0 Å². The van der Waals surface area contributed by atoms with Gasteiger partial charge >= 0.3 is 6.03 Å². The summed E-state index contributed by atoms with van der Waals surface area (Å²) in [4.78, 5) is 19.5. The van der Waals surface area contributed by atoms with Gasteiger partial charge in [-0.25, -0.2) is 4.79 Å². The second-order valence-corrected chi connectivity index (χ2v) is 0.992. The molecule has 0 rings (SSSR count). The third-order valence-electron chi connectivity index (χ3n) is 0.443. The second-order valence-electron chi connectivity index (χ2n) is 0.992. The zero-order valence-electron chi connectivity index (χ0n) is 4.22. The van der Waals surface area contributed by atoms with E-state index in [-0.39, 0.29) is 0 Å². The average Bonchev–Trinajstić information content (AvgIpc) is 1.65. The number of carboxylic acid groups (broad SMARTS) is 1. The molecule has 0 spiro atoms. The zero-order valence-corrected chi connectivity index (χ0v) is 4.22. The minimum Gasteiger partial charge on any atom is -0.530 e. The largest absolute Gasteiger partial charge is 0.530 e. The highest BCUT2D eigenvalue weighted by molar-refractivity contribution is 5.88. The Balaban J connectivity index is 3.40. The molecule has 5 nitrogen and oxygen atoms in total. The van der Waals surface area contributed by atoms with Crippen molar-refractivity contribution in [2.45, 2.75) is 0 Å². The Morgan fingerprint density at radius 1 is 1.50 bits per heavy atom. The van der Waals surface area contributed by atoms with Crippen molar-refractivity contribution in [1.29, 1.82) is 0 Å². The van der Waals surface area contributed by atoms with E-state index in [9.17, 15) is 14.7 Å². The lowest BCUT2D eigenvalue weighted by molar-refractivity contribution is -0.248. The summed E-state index contributed by atoms with van der Waals surface area (Å²) in [5.74, 6) is 0. The van der Waals surface area contributed by atoms with Gasteiger partial charge in [0.1, 0.15) is 6.09 Å². The normalized spacial score (nSPS) is 7.62. The molecule has 0 aromatic heterocycles. The molecule has 0 heterocycles. The number of carbonyl (C=O) groups excluding carboxylic acids is 2. The Hall–Kier alpha value is -1.26. The monoisotopic (exact) mass is 117 g/mol. The molecule has 2 N–H and O–H groups in total. The lowest BCUT2D eigenvalue weighted by atomic mass is 10.9. The van der Waals surface area contributed by atoms with E-state index in [0.29, 0.717) is 0 Å². The van der Waals surface area contributed by atoms with Crippen molar-refractivity contribution in [1.82, 2.24) is 10.6 Å². The SMILES string of the molecule is CNC(=O)NC(=O)[O-]. The molecular weight excluding hydrogens is 112 g/mol. The van der Waals surface area contributed by atoms with E-state index < -0.39 is 12.1 Å². The fourth-order valence-electron chi connectivity index (χ4n) is 0.155. The molecule has 0 radical (unpaired) electrons. The van der Waals surface area contributed by atoms with Crippen LogP contribution < -0.4 is 15.7 Å². The Kier molecular flexibility index (Phi) is 2.39. The van der Waals surface area contributed by atoms with Gasteiger partial charge in [0.2, 0.25) is 0 Å². The molecule has 0 aromatic rings. The topological polar surface area (TPSA) is 81.3 Å². The third kappa shape index (κ3) is 2.95. The van der Waals surface area contributed by atoms with E-state index in [1.54, 1.807) is 0 Å². The van der Waals surface area contributed by atoms with E-state index >= 15 is 0 Å². The van der Waals surface area contributed by atoms with E-state index in [0.717, 1.165) is 0 Å². The van der Waals surface area contributed by atoms with Gasteiger partial charge in [-0.15, -0.1) is 0 Å². The number of carbonyl (C=O) groups is 2. The van der Waals surface area contributed by atoms with Crippen molar-refractivity contribution in [3.05, 3.63) is 0 Å². The van der Waals surface area contributed by atoms with Gasteiger partial charge in [0, 0.05) is 7.05 Å². The molecule has 0 aliphatic heterocycles. The summed E-state index contributed by atoms with van der Waals surface area (Å²) in [6.07, 6.45) is -1.61. The highest BCUT2D eigenvalue weighted by Crippen LogP contribution is 1.56. The Morgan fingerprint density at radius 2 is 2.00 bits per heavy atom. The quantitative estimate of drug-likeness (QED) is 0.395. The number of urea groups is 1. The van der Waals surface area contributed by atoms with Crippen LogP contribution >= 0.6 is 0 Å². The van der Waals surface area contributed by atoms with Gasteiger partial charge in [0.05, 0.1) is 0 Å². The first-order chi connectivity index (χ1) is 3.66. The van der Waals surface area contributed by atoms with E-state index in [2.05, 4.69) is 0 Å². The molecule has 0 bridgehead atoms. The number of hydrogen-bond acceptors (Lipinski definition) is 3. The molecule has 0 unspecified atom stereocenters. The van der Waals surface area contributed by atoms with Crippen LogP contribution in [0.1, 0.15) is 0 Å². The second kappa shape index (κ2) is 2.84. The van der Waals surface area contributed by atoms with Gasteiger partial charge in [0.15, 0.2) is 0 Å². The highest BCUT2D eigenvalue weighted by Gasteiger charge is 1.90. The minimum atomic E-state index is -1.61. The fourth-order valence-corrected chi connectivity index (χ4v) is 0.155. The predicted octanol–water partition coefficient (Wildman–Crippen LogP) is -1.74. The summed E-state index contributed by atoms with van der Waals surface area (Å²) < 4.78 is 0. The molecule has 46 valence electrons. The Labute approximate surface area is 45.7 Å². The van der Waals surface area contributed by atoms with Crippen LogP contribution in [-0.2, 0) is 0 Å². The maximum absolute atomic E-state index is 9.98. The van der Waals surface area contributed by atoms with E-state index in [1.807, 2.05) is 5.32 Å². The lowest BCUT2D eigenvalue weighted by Crippen LogP contribution is -2.44. The number of rotatable bonds is 0. The molecule has 0 aliphatic rings. The van der Waals surface area contributed by atoms with Crippen LogP contribution in [0.3, 0.4) is 0 Å². The molecule has 0 aliphatic carbocycles. The van der Waals surface area contributed by atoms with Crippen molar-refractivity contribution < 1.29 is 14.7 Å². The maximum Gasteiger partial charge on any atom is 0.319 e. The van der Waals surface area contributed by atoms with Crippen molar-refractivity contribution in [3.8, 4) is 0 Å². The van der Waals surface area contributed by atoms with Gasteiger partial charge in [0.25, 0.3) is 0 Å². The van der Waals surface area contributed by atoms with Crippen LogP contribution in [0, 0.1) is 0 Å². The molecule has 0 aromatic carbocycles. The number of nitrogens with one attached hydrogen (secondary N) is 2. The fraction of sp³-hybridized carbons (Fsp3) is 0.333. The van der Waals surface area contributed by atoms with Gasteiger partial charge in [-0.05, 0) is 0 Å². The first-order valence-electron chi connectivity index (χ1n) is 1.86. The summed E-state index contributed by atoms with van der Waals surface area (Å²) in [6.45, 7) is 0. The van der Waals surface area contributed by atoms with Gasteiger partial charge in [-0.2, -0.15) is 0 Å². The summed E-state index contributed by atoms with van der Waals surface area (Å²) >= 11 is 0. The Bertz CT molecular complexity index is 111. The highest BCUT2D eigenvalue weighted by atomic mass is 16.4. The predicted molar refractivity (Wildman–Crippen MR) is 23.0 cm³/mol. The minimum absolute atomic E-state index is 0.787. The molecule has 0 saturated carbocycles. The van der Waals surface area contributed by atoms with Gasteiger partial charge in [-0.3, -0.25) is 5.32 Å². The molecule has 8 heavy (non-hydrogen) atoms. The molecular formula is C3H5N2O3-. The van der Waals surface area contributed by atoms with Gasteiger partial charge < -0.3 is 15.2 Å². The number of hydrogen-bond donors (Lipinski definition) is 2. The van der Waals surface area contributed by atoms with Gasteiger partial charge in [-0.1, -0.05) is 0 Å². The summed E-state index contributed by atoms with van der Waals surface area (Å²) in [5.41, 5.74) is 0. The molecule has 0 atom stereocenters. The van der Waals surface area contributed by atoms with Crippen molar-refractivity contribution >= 4 is 12.1 Å². The van der Waals surface area contributed by atoms with Crippen LogP contribution in [0.15, 0.2) is 0 Å². The summed E-state index contributed by atoms with van der Waals surface area (Å²) in [6, 6.07) is -0.787. The summed E-state index contributed by atoms with van der Waals surface area (Å²) in [7, 11) is 1.30. The van der Waals surface area contributed by atoms with E-state index in [1.165, 1.54) is 12.4 Å².